The van der Waals surface area contributed by atoms with Gasteiger partial charge in [-0.15, -0.1) is 0 Å². The van der Waals surface area contributed by atoms with Crippen LogP contribution >= 0.6 is 0 Å². The molecule has 2 aromatic rings. The molecule has 6 heteroatoms. The van der Waals surface area contributed by atoms with E-state index in [4.69, 9.17) is 0 Å². The summed E-state index contributed by atoms with van der Waals surface area (Å²) in [6.45, 7) is 5.97. The molecule has 0 aromatic heterocycles. The molecule has 2 rings (SSSR count). The minimum Gasteiger partial charge on any atom is -0.338 e. The molecular weight excluding hydrogens is 604 g/mol. The van der Waals surface area contributed by atoms with E-state index >= 15 is 0 Å². The highest BCUT2D eigenvalue weighted by atomic mass is 16.2. The smallest absolute Gasteiger partial charge is 0.319 e. The van der Waals surface area contributed by atoms with Gasteiger partial charge in [0.25, 0.3) is 0 Å². The molecule has 4 N–H and O–H groups in total. The standard InChI is InChI=1S/C43H72N4O2/c1-3-5-7-9-11-13-15-17-19-21-23-25-35-44-42(48)46-40-31-27-38(28-32-40)37-39-29-33-41(34-30-39)47-43(49)45-36-26-24-22-20-18-16-14-12-10-8-6-4-2/h27-34H,3-26,35-37H2,1-2H3,(H2,44,46,48)(H2,45,47,49). The largest absolute Gasteiger partial charge is 0.338 e. The summed E-state index contributed by atoms with van der Waals surface area (Å²) in [7, 11) is 0. The normalized spacial score (nSPS) is 11.0. The van der Waals surface area contributed by atoms with Crippen molar-refractivity contribution in [3.63, 3.8) is 0 Å². The van der Waals surface area contributed by atoms with Crippen molar-refractivity contribution >= 4 is 23.4 Å². The van der Waals surface area contributed by atoms with Crippen molar-refractivity contribution in [1.29, 1.82) is 0 Å². The zero-order chi connectivity index (χ0) is 35.0. The van der Waals surface area contributed by atoms with E-state index in [1.54, 1.807) is 0 Å². The second kappa shape index (κ2) is 29.9. The van der Waals surface area contributed by atoms with Crippen molar-refractivity contribution in [2.24, 2.45) is 0 Å². The molecule has 0 fully saturated rings. The molecule has 0 aliphatic heterocycles. The first-order valence-corrected chi connectivity index (χ1v) is 20.4. The average molecular weight is 677 g/mol. The monoisotopic (exact) mass is 677 g/mol. The van der Waals surface area contributed by atoms with Gasteiger partial charge in [0.1, 0.15) is 0 Å². The SMILES string of the molecule is CCCCCCCCCCCCCCNC(=O)Nc1ccc(Cc2ccc(NC(=O)NCCCCCCCCCCCCCC)cc2)cc1. The number of hydrogen-bond donors (Lipinski definition) is 4. The maximum absolute atomic E-state index is 12.3. The van der Waals surface area contributed by atoms with Gasteiger partial charge >= 0.3 is 12.1 Å². The molecule has 2 aromatic carbocycles. The number of urea groups is 2. The molecule has 49 heavy (non-hydrogen) atoms. The Labute approximate surface area is 300 Å². The molecule has 6 nitrogen and oxygen atoms in total. The van der Waals surface area contributed by atoms with Crippen molar-refractivity contribution in [3.05, 3.63) is 59.7 Å². The minimum atomic E-state index is -0.142. The van der Waals surface area contributed by atoms with Crippen molar-refractivity contribution in [3.8, 4) is 0 Å². The van der Waals surface area contributed by atoms with Gasteiger partial charge in [0.15, 0.2) is 0 Å². The van der Waals surface area contributed by atoms with Crippen LogP contribution in [0.3, 0.4) is 0 Å². The lowest BCUT2D eigenvalue weighted by molar-refractivity contribution is 0.251. The Balaban J connectivity index is 1.48. The maximum atomic E-state index is 12.3. The molecule has 0 bridgehead atoms. The summed E-state index contributed by atoms with van der Waals surface area (Å²) in [6, 6.07) is 15.7. The minimum absolute atomic E-state index is 0.142. The number of hydrogen-bond acceptors (Lipinski definition) is 2. The third kappa shape index (κ3) is 23.9. The quantitative estimate of drug-likeness (QED) is 0.0621. The molecular formula is C43H72N4O2. The Bertz CT molecular complexity index is 985. The molecule has 0 aliphatic carbocycles. The van der Waals surface area contributed by atoms with Crippen LogP contribution in [0.15, 0.2) is 48.5 Å². The number of carbonyl (C=O) groups excluding carboxylic acids is 2. The zero-order valence-corrected chi connectivity index (χ0v) is 31.5. The number of amides is 4. The lowest BCUT2D eigenvalue weighted by Gasteiger charge is -2.10. The highest BCUT2D eigenvalue weighted by molar-refractivity contribution is 5.89. The van der Waals surface area contributed by atoms with Gasteiger partial charge in [0.05, 0.1) is 0 Å². The van der Waals surface area contributed by atoms with E-state index in [2.05, 4.69) is 59.4 Å². The van der Waals surface area contributed by atoms with Crippen LogP contribution in [0.5, 0.6) is 0 Å². The molecule has 0 atom stereocenters. The molecule has 0 radical (unpaired) electrons. The van der Waals surface area contributed by atoms with E-state index < -0.39 is 0 Å². The molecule has 0 saturated heterocycles. The van der Waals surface area contributed by atoms with E-state index in [0.29, 0.717) is 13.1 Å². The van der Waals surface area contributed by atoms with Gasteiger partial charge in [0.2, 0.25) is 0 Å². The Kier molecular flexibility index (Phi) is 25.7. The lowest BCUT2D eigenvalue weighted by atomic mass is 10.0. The van der Waals surface area contributed by atoms with Gasteiger partial charge in [-0.3, -0.25) is 0 Å². The Morgan fingerprint density at radius 3 is 0.939 bits per heavy atom. The Morgan fingerprint density at radius 2 is 0.653 bits per heavy atom. The third-order valence-corrected chi connectivity index (χ3v) is 9.46. The van der Waals surface area contributed by atoms with E-state index in [1.807, 2.05) is 24.3 Å². The van der Waals surface area contributed by atoms with Crippen LogP contribution in [-0.4, -0.2) is 25.2 Å². The number of nitrogens with one attached hydrogen (secondary N) is 4. The number of carbonyl (C=O) groups is 2. The van der Waals surface area contributed by atoms with Gasteiger partial charge < -0.3 is 21.3 Å². The summed E-state index contributed by atoms with van der Waals surface area (Å²) in [4.78, 5) is 24.6. The van der Waals surface area contributed by atoms with Crippen LogP contribution in [0.4, 0.5) is 21.0 Å². The van der Waals surface area contributed by atoms with E-state index in [9.17, 15) is 9.59 Å². The molecule has 0 aliphatic rings. The number of rotatable bonds is 30. The Morgan fingerprint density at radius 1 is 0.388 bits per heavy atom. The average Bonchev–Trinajstić information content (AvgIpc) is 3.10. The molecule has 0 spiro atoms. The Hall–Kier alpha value is -3.02. The topological polar surface area (TPSA) is 82.3 Å². The first-order valence-electron chi connectivity index (χ1n) is 20.4. The highest BCUT2D eigenvalue weighted by Crippen LogP contribution is 2.17. The van der Waals surface area contributed by atoms with Gasteiger partial charge in [-0.25, -0.2) is 9.59 Å². The molecule has 0 heterocycles. The molecule has 0 saturated carbocycles. The fourth-order valence-electron chi connectivity index (χ4n) is 6.33. The zero-order valence-electron chi connectivity index (χ0n) is 31.5. The van der Waals surface area contributed by atoms with Crippen LogP contribution in [0.2, 0.25) is 0 Å². The predicted octanol–water partition coefficient (Wildman–Crippen LogP) is 12.9. The highest BCUT2D eigenvalue weighted by Gasteiger charge is 2.05. The summed E-state index contributed by atoms with van der Waals surface area (Å²) >= 11 is 0. The van der Waals surface area contributed by atoms with Crippen LogP contribution in [0.1, 0.15) is 179 Å². The second-order valence-corrected chi connectivity index (χ2v) is 14.1. The van der Waals surface area contributed by atoms with Crippen LogP contribution < -0.4 is 21.3 Å². The van der Waals surface area contributed by atoms with Crippen LogP contribution in [-0.2, 0) is 6.42 Å². The van der Waals surface area contributed by atoms with Crippen molar-refractivity contribution in [2.75, 3.05) is 23.7 Å². The predicted molar refractivity (Wildman–Crippen MR) is 212 cm³/mol. The number of unbranched alkanes of at least 4 members (excludes halogenated alkanes) is 22. The van der Waals surface area contributed by atoms with Crippen molar-refractivity contribution < 1.29 is 9.59 Å². The fourth-order valence-corrected chi connectivity index (χ4v) is 6.33. The van der Waals surface area contributed by atoms with E-state index in [1.165, 1.54) is 152 Å². The van der Waals surface area contributed by atoms with Crippen molar-refractivity contribution in [1.82, 2.24) is 10.6 Å². The van der Waals surface area contributed by atoms with Crippen LogP contribution in [0, 0.1) is 0 Å². The number of anilines is 2. The first kappa shape index (κ1) is 42.1. The number of benzene rings is 2. The van der Waals surface area contributed by atoms with Gasteiger partial charge in [0, 0.05) is 24.5 Å². The molecule has 0 unspecified atom stereocenters. The molecule has 4 amide bonds. The van der Waals surface area contributed by atoms with E-state index in [0.717, 1.165) is 30.6 Å². The van der Waals surface area contributed by atoms with Gasteiger partial charge in [-0.2, -0.15) is 0 Å². The summed E-state index contributed by atoms with van der Waals surface area (Å²) in [5.41, 5.74) is 3.93. The van der Waals surface area contributed by atoms with Gasteiger partial charge in [-0.1, -0.05) is 179 Å². The molecule has 276 valence electrons. The van der Waals surface area contributed by atoms with Crippen molar-refractivity contribution in [2.45, 2.75) is 174 Å². The van der Waals surface area contributed by atoms with E-state index in [-0.39, 0.29) is 12.1 Å². The summed E-state index contributed by atoms with van der Waals surface area (Å²) in [5, 5.41) is 11.9. The first-order chi connectivity index (χ1) is 24.1. The fraction of sp³-hybridized carbons (Fsp3) is 0.674. The second-order valence-electron chi connectivity index (χ2n) is 14.1. The lowest BCUT2D eigenvalue weighted by Crippen LogP contribution is -2.29. The maximum Gasteiger partial charge on any atom is 0.319 e. The van der Waals surface area contributed by atoms with Gasteiger partial charge in [-0.05, 0) is 54.7 Å². The summed E-state index contributed by atoms with van der Waals surface area (Å²) in [5.74, 6) is 0. The third-order valence-electron chi connectivity index (χ3n) is 9.46. The van der Waals surface area contributed by atoms with Crippen LogP contribution in [0.25, 0.3) is 0 Å². The summed E-state index contributed by atoms with van der Waals surface area (Å²) < 4.78 is 0. The summed E-state index contributed by atoms with van der Waals surface area (Å²) in [6.07, 6.45) is 32.4.